The Labute approximate surface area is 431 Å². The summed E-state index contributed by atoms with van der Waals surface area (Å²) in [6.45, 7) is -1.53. The molecule has 0 heterocycles. The number of aliphatic hydroxyl groups excluding tert-OH is 4. The van der Waals surface area contributed by atoms with Gasteiger partial charge in [0.2, 0.25) is 0 Å². The van der Waals surface area contributed by atoms with Crippen molar-refractivity contribution in [2.75, 3.05) is 14.2 Å². The molecule has 74 heavy (non-hydrogen) atoms. The molecule has 374 valence electrons. The van der Waals surface area contributed by atoms with Crippen LogP contribution in [0.5, 0.6) is 11.5 Å². The molecule has 0 amide bonds. The van der Waals surface area contributed by atoms with E-state index in [0.717, 1.165) is 0 Å². The Balaban J connectivity index is 1.26. The van der Waals surface area contributed by atoms with Gasteiger partial charge in [0.1, 0.15) is 11.5 Å². The van der Waals surface area contributed by atoms with Crippen molar-refractivity contribution in [3.8, 4) is 11.5 Å². The quantitative estimate of drug-likeness (QED) is 0.0724. The lowest BCUT2D eigenvalue weighted by atomic mass is 10.2. The van der Waals surface area contributed by atoms with E-state index in [-0.39, 0.29) is 26.4 Å². The van der Waals surface area contributed by atoms with Gasteiger partial charge >= 0.3 is 0 Å². The molecule has 0 aliphatic heterocycles. The van der Waals surface area contributed by atoms with Crippen molar-refractivity contribution in [2.45, 2.75) is 26.4 Å². The van der Waals surface area contributed by atoms with Gasteiger partial charge in [0.15, 0.2) is 28.6 Å². The van der Waals surface area contributed by atoms with E-state index in [1.54, 1.807) is 218 Å². The van der Waals surface area contributed by atoms with E-state index in [1.165, 1.54) is 14.2 Å². The molecule has 9 aromatic rings. The number of aliphatic hydroxyl groups is 4. The molecule has 0 unspecified atom stereocenters. The van der Waals surface area contributed by atoms with E-state index in [4.69, 9.17) is 9.47 Å². The van der Waals surface area contributed by atoms with E-state index >= 15 is 18.3 Å². The Morgan fingerprint density at radius 2 is 0.459 bits per heavy atom. The van der Waals surface area contributed by atoms with Crippen LogP contribution in [0.25, 0.3) is 0 Å². The molecule has 0 saturated heterocycles. The number of methoxy groups -OCH3 is 2. The first-order valence-corrected chi connectivity index (χ1v) is 30.6. The first-order valence-electron chi connectivity index (χ1n) is 23.7. The summed E-state index contributed by atoms with van der Waals surface area (Å²) in [6, 6.07) is 62.3. The Morgan fingerprint density at radius 3 is 0.689 bits per heavy atom. The molecule has 0 spiro atoms. The predicted molar refractivity (Wildman–Crippen MR) is 301 cm³/mol. The van der Waals surface area contributed by atoms with Gasteiger partial charge in [0.05, 0.1) is 51.3 Å². The van der Waals surface area contributed by atoms with Crippen molar-refractivity contribution in [1.29, 1.82) is 0 Å². The second-order valence-electron chi connectivity index (χ2n) is 17.5. The number of rotatable bonds is 18. The van der Waals surface area contributed by atoms with Crippen LogP contribution in [0.3, 0.4) is 0 Å². The summed E-state index contributed by atoms with van der Waals surface area (Å²) >= 11 is 0. The van der Waals surface area contributed by atoms with E-state index in [2.05, 4.69) is 0 Å². The Bertz CT molecular complexity index is 3140. The zero-order valence-electron chi connectivity index (χ0n) is 40.6. The van der Waals surface area contributed by atoms with Crippen LogP contribution >= 0.6 is 28.6 Å². The molecule has 10 nitrogen and oxygen atoms in total. The molecule has 0 atom stereocenters. The Morgan fingerprint density at radius 1 is 0.270 bits per heavy atom. The lowest BCUT2D eigenvalue weighted by Crippen LogP contribution is -2.32. The fourth-order valence-corrected chi connectivity index (χ4v) is 21.6. The van der Waals surface area contributed by atoms with Crippen molar-refractivity contribution >= 4 is 92.2 Å². The minimum Gasteiger partial charge on any atom is -0.496 e. The number of benzene rings is 9. The average molecular weight is 1060 g/mol. The van der Waals surface area contributed by atoms with E-state index in [0.29, 0.717) is 97.4 Å². The number of para-hydroxylation sites is 2. The highest BCUT2D eigenvalue weighted by Crippen LogP contribution is 2.50. The van der Waals surface area contributed by atoms with Crippen LogP contribution in [0.2, 0.25) is 0 Å². The summed E-state index contributed by atoms with van der Waals surface area (Å²) in [6.07, 6.45) is 0. The van der Waals surface area contributed by atoms with Crippen LogP contribution in [0.15, 0.2) is 218 Å². The normalized spacial score (nSPS) is 12.1. The average Bonchev–Trinajstić information content (AvgIpc) is 3.48. The molecule has 0 saturated carbocycles. The molecule has 0 radical (unpaired) electrons. The SMILES string of the molecule is COc1ccccc1P(=O)(c1ccc(P(=O)(c2ccc(P(=O)(c3ccccc3CO)c3ccccc3CO)cc2)c2ccc(P(=O)(c3ccccc3CO)c3ccccc3CO)cc2)cc1)c1ccccc1OC. The van der Waals surface area contributed by atoms with Gasteiger partial charge < -0.3 is 48.2 Å². The van der Waals surface area contributed by atoms with E-state index < -0.39 is 28.6 Å². The zero-order valence-corrected chi connectivity index (χ0v) is 44.2. The van der Waals surface area contributed by atoms with Crippen molar-refractivity contribution in [3.05, 3.63) is 241 Å². The van der Waals surface area contributed by atoms with Gasteiger partial charge in [-0.25, -0.2) is 0 Å². The molecule has 0 aliphatic rings. The Hall–Kier alpha value is -6.66. The van der Waals surface area contributed by atoms with Crippen LogP contribution in [0.4, 0.5) is 0 Å². The number of ether oxygens (including phenoxy) is 2. The third-order valence-electron chi connectivity index (χ3n) is 13.6. The predicted octanol–water partition coefficient (Wildman–Crippen LogP) is 6.23. The molecule has 0 bridgehead atoms. The maximum absolute atomic E-state index is 16.7. The molecule has 14 heteroatoms. The minimum absolute atomic E-state index is 0.358. The smallest absolute Gasteiger partial charge is 0.178 e. The van der Waals surface area contributed by atoms with Gasteiger partial charge in [-0.2, -0.15) is 0 Å². The van der Waals surface area contributed by atoms with Crippen molar-refractivity contribution in [3.63, 3.8) is 0 Å². The first kappa shape index (κ1) is 52.2. The zero-order chi connectivity index (χ0) is 52.1. The molecule has 0 fully saturated rings. The molecule has 9 rings (SSSR count). The topological polar surface area (TPSA) is 168 Å². The molecule has 9 aromatic carbocycles. The van der Waals surface area contributed by atoms with Crippen molar-refractivity contribution < 1.29 is 48.2 Å². The second-order valence-corrected chi connectivity index (χ2v) is 28.3. The van der Waals surface area contributed by atoms with Crippen LogP contribution in [0.1, 0.15) is 22.3 Å². The molecular formula is C60H54O10P4. The molecule has 4 N–H and O–H groups in total. The largest absolute Gasteiger partial charge is 0.496 e. The summed E-state index contributed by atoms with van der Waals surface area (Å²) in [5, 5.41) is 46.9. The highest BCUT2D eigenvalue weighted by Gasteiger charge is 2.40. The molecular weight excluding hydrogens is 1000 g/mol. The Kier molecular flexibility index (Phi) is 15.6. The third kappa shape index (κ3) is 9.00. The summed E-state index contributed by atoms with van der Waals surface area (Å²) in [7, 11) is -12.4. The minimum atomic E-state index is -3.99. The molecule has 0 aliphatic carbocycles. The lowest BCUT2D eigenvalue weighted by Gasteiger charge is -2.27. The summed E-state index contributed by atoms with van der Waals surface area (Å²) in [5.74, 6) is 0.829. The monoisotopic (exact) mass is 1060 g/mol. The van der Waals surface area contributed by atoms with Crippen molar-refractivity contribution in [2.24, 2.45) is 0 Å². The maximum atomic E-state index is 16.7. The number of hydrogen-bond donors (Lipinski definition) is 4. The van der Waals surface area contributed by atoms with Gasteiger partial charge in [-0.3, -0.25) is 0 Å². The fraction of sp³-hybridized carbons (Fsp3) is 0.100. The van der Waals surface area contributed by atoms with Crippen LogP contribution in [0, 0.1) is 0 Å². The van der Waals surface area contributed by atoms with Crippen molar-refractivity contribution in [1.82, 2.24) is 0 Å². The first-order chi connectivity index (χ1) is 36.0. The van der Waals surface area contributed by atoms with Gasteiger partial charge in [-0.1, -0.05) is 194 Å². The standard InChI is InChI=1S/C60H54O10P4/c1-69-53-19-7-13-25-59(53)74(68,60-26-14-8-20-54(60)70-2)52-37-31-49(32-38-52)71(65,47-27-33-50(34-28-47)72(66,55-21-9-3-15-43(55)39-61)56-22-10-4-16-44(56)40-62)48-29-35-51(36-30-48)73(67,57-23-11-5-17-45(57)41-63)58-24-12-6-18-46(58)42-64/h3-38,61-64H,39-42H2,1-2H3. The van der Waals surface area contributed by atoms with Gasteiger partial charge in [-0.05, 0) is 46.5 Å². The van der Waals surface area contributed by atoms with E-state index in [1.807, 2.05) is 0 Å². The van der Waals surface area contributed by atoms with E-state index in [9.17, 15) is 20.4 Å². The summed E-state index contributed by atoms with van der Waals surface area (Å²) in [4.78, 5) is 0. The maximum Gasteiger partial charge on any atom is 0.178 e. The van der Waals surface area contributed by atoms with Crippen LogP contribution in [-0.4, -0.2) is 34.6 Å². The summed E-state index contributed by atoms with van der Waals surface area (Å²) in [5.41, 5.74) is 1.82. The third-order valence-corrected chi connectivity index (χ3v) is 26.3. The highest BCUT2D eigenvalue weighted by molar-refractivity contribution is 7.87. The second kappa shape index (κ2) is 22.0. The fourth-order valence-electron chi connectivity index (χ4n) is 9.88. The van der Waals surface area contributed by atoms with Gasteiger partial charge in [-0.15, -0.1) is 0 Å². The van der Waals surface area contributed by atoms with Crippen LogP contribution < -0.4 is 73.1 Å². The summed E-state index contributed by atoms with van der Waals surface area (Å²) < 4.78 is 76.4. The lowest BCUT2D eigenvalue weighted by molar-refractivity contribution is 0.282. The number of hydrogen-bond acceptors (Lipinski definition) is 10. The highest BCUT2D eigenvalue weighted by atomic mass is 31.2. The van der Waals surface area contributed by atoms with Crippen LogP contribution in [-0.2, 0) is 44.7 Å². The van der Waals surface area contributed by atoms with Gasteiger partial charge in [0.25, 0.3) is 0 Å². The molecule has 0 aromatic heterocycles. The van der Waals surface area contributed by atoms with Gasteiger partial charge in [0, 0.05) is 53.0 Å².